The third kappa shape index (κ3) is 2.17. The zero-order valence-electron chi connectivity index (χ0n) is 10.2. The Bertz CT molecular complexity index is 713. The fraction of sp³-hybridized carbons (Fsp3) is 0.0714. The van der Waals surface area contributed by atoms with E-state index in [2.05, 4.69) is 21.1 Å². The molecule has 0 radical (unpaired) electrons. The van der Waals surface area contributed by atoms with E-state index in [1.54, 1.807) is 6.07 Å². The minimum atomic E-state index is 0.353. The molecule has 0 unspecified atom stereocenters. The first-order chi connectivity index (χ1) is 9.15. The summed E-state index contributed by atoms with van der Waals surface area (Å²) >= 11 is 3.27. The van der Waals surface area contributed by atoms with E-state index in [1.165, 1.54) is 5.56 Å². The normalized spacial score (nSPS) is 10.8. The lowest BCUT2D eigenvalue weighted by Gasteiger charge is -2.01. The Kier molecular flexibility index (Phi) is 2.91. The van der Waals surface area contributed by atoms with Crippen molar-refractivity contribution in [2.24, 2.45) is 0 Å². The quantitative estimate of drug-likeness (QED) is 0.766. The summed E-state index contributed by atoms with van der Waals surface area (Å²) in [5.74, 6) is 1.48. The standard InChI is InChI=1S/C14H11BrN2O2/c1-8-2-4-9(5-3-8)12-13(19-17-14(12)16)10-6-7-11(15)18-10/h2-7H,1H3,(H2,16,17). The van der Waals surface area contributed by atoms with E-state index in [-0.39, 0.29) is 0 Å². The number of nitrogens with zero attached hydrogens (tertiary/aromatic N) is 1. The molecule has 5 heteroatoms. The molecule has 0 saturated carbocycles. The number of hydrogen-bond donors (Lipinski definition) is 1. The van der Waals surface area contributed by atoms with Gasteiger partial charge in [0.2, 0.25) is 5.76 Å². The number of hydrogen-bond acceptors (Lipinski definition) is 4. The van der Waals surface area contributed by atoms with Gasteiger partial charge in [-0.1, -0.05) is 35.0 Å². The van der Waals surface area contributed by atoms with Crippen molar-refractivity contribution in [3.05, 3.63) is 46.6 Å². The minimum Gasteiger partial charge on any atom is -0.446 e. The van der Waals surface area contributed by atoms with Gasteiger partial charge >= 0.3 is 0 Å². The third-order valence-electron chi connectivity index (χ3n) is 2.86. The monoisotopic (exact) mass is 318 g/mol. The van der Waals surface area contributed by atoms with Crippen molar-refractivity contribution in [3.63, 3.8) is 0 Å². The van der Waals surface area contributed by atoms with Crippen molar-refractivity contribution in [1.82, 2.24) is 5.16 Å². The van der Waals surface area contributed by atoms with Gasteiger partial charge in [0.05, 0.1) is 5.56 Å². The molecular formula is C14H11BrN2O2. The first-order valence-corrected chi connectivity index (χ1v) is 6.52. The molecule has 1 aromatic carbocycles. The third-order valence-corrected chi connectivity index (χ3v) is 3.28. The van der Waals surface area contributed by atoms with Crippen LogP contribution in [0.4, 0.5) is 5.82 Å². The van der Waals surface area contributed by atoms with Gasteiger partial charge in [-0.15, -0.1) is 0 Å². The molecule has 0 fully saturated rings. The summed E-state index contributed by atoms with van der Waals surface area (Å²) in [6.07, 6.45) is 0. The van der Waals surface area contributed by atoms with Crippen LogP contribution in [-0.4, -0.2) is 5.16 Å². The minimum absolute atomic E-state index is 0.353. The maximum Gasteiger partial charge on any atom is 0.212 e. The maximum absolute atomic E-state index is 5.90. The first-order valence-electron chi connectivity index (χ1n) is 5.73. The molecule has 3 rings (SSSR count). The highest BCUT2D eigenvalue weighted by Gasteiger charge is 2.20. The Hall–Kier alpha value is -2.01. The highest BCUT2D eigenvalue weighted by Crippen LogP contribution is 2.37. The Labute approximate surface area is 118 Å². The average Bonchev–Trinajstić information content (AvgIpc) is 2.97. The van der Waals surface area contributed by atoms with Crippen LogP contribution in [0.25, 0.3) is 22.6 Å². The Morgan fingerprint density at radius 1 is 1.11 bits per heavy atom. The number of rotatable bonds is 2. The van der Waals surface area contributed by atoms with E-state index >= 15 is 0 Å². The molecule has 0 spiro atoms. The maximum atomic E-state index is 5.90. The lowest BCUT2D eigenvalue weighted by Crippen LogP contribution is -1.88. The smallest absolute Gasteiger partial charge is 0.212 e. The van der Waals surface area contributed by atoms with Gasteiger partial charge in [0, 0.05) is 0 Å². The molecule has 0 aliphatic carbocycles. The van der Waals surface area contributed by atoms with Crippen LogP contribution in [0.1, 0.15) is 5.56 Å². The number of nitrogens with two attached hydrogens (primary N) is 1. The number of halogens is 1. The van der Waals surface area contributed by atoms with Gasteiger partial charge in [0.25, 0.3) is 0 Å². The van der Waals surface area contributed by atoms with Gasteiger partial charge in [0.1, 0.15) is 0 Å². The molecule has 0 amide bonds. The van der Waals surface area contributed by atoms with E-state index in [9.17, 15) is 0 Å². The van der Waals surface area contributed by atoms with E-state index < -0.39 is 0 Å². The van der Waals surface area contributed by atoms with Gasteiger partial charge in [-0.3, -0.25) is 0 Å². The Balaban J connectivity index is 2.16. The lowest BCUT2D eigenvalue weighted by molar-refractivity contribution is 0.419. The molecule has 0 aliphatic heterocycles. The second-order valence-electron chi connectivity index (χ2n) is 4.24. The molecule has 4 nitrogen and oxygen atoms in total. The summed E-state index contributed by atoms with van der Waals surface area (Å²) in [5.41, 5.74) is 8.78. The van der Waals surface area contributed by atoms with Crippen molar-refractivity contribution >= 4 is 21.7 Å². The summed E-state index contributed by atoms with van der Waals surface area (Å²) in [7, 11) is 0. The number of aryl methyl sites for hydroxylation is 1. The molecule has 0 aliphatic rings. The topological polar surface area (TPSA) is 65.2 Å². The largest absolute Gasteiger partial charge is 0.446 e. The highest BCUT2D eigenvalue weighted by atomic mass is 79.9. The van der Waals surface area contributed by atoms with Crippen LogP contribution in [0.3, 0.4) is 0 Å². The molecule has 2 N–H and O–H groups in total. The summed E-state index contributed by atoms with van der Waals surface area (Å²) in [6.45, 7) is 2.03. The number of nitrogen functional groups attached to an aromatic ring is 1. The van der Waals surface area contributed by atoms with E-state index in [0.717, 1.165) is 11.1 Å². The summed E-state index contributed by atoms with van der Waals surface area (Å²) < 4.78 is 11.4. The van der Waals surface area contributed by atoms with Gasteiger partial charge in [-0.05, 0) is 40.5 Å². The van der Waals surface area contributed by atoms with Gasteiger partial charge in [-0.25, -0.2) is 0 Å². The first kappa shape index (κ1) is 12.0. The summed E-state index contributed by atoms with van der Waals surface area (Å²) in [4.78, 5) is 0. The lowest BCUT2D eigenvalue weighted by atomic mass is 10.0. The van der Waals surface area contributed by atoms with Crippen molar-refractivity contribution in [1.29, 1.82) is 0 Å². The SMILES string of the molecule is Cc1ccc(-c2c(N)noc2-c2ccc(Br)o2)cc1. The molecule has 3 aromatic rings. The van der Waals surface area contributed by atoms with Gasteiger partial charge in [0.15, 0.2) is 16.2 Å². The van der Waals surface area contributed by atoms with Crippen LogP contribution in [0.2, 0.25) is 0 Å². The summed E-state index contributed by atoms with van der Waals surface area (Å²) in [6, 6.07) is 11.6. The molecule has 2 aromatic heterocycles. The van der Waals surface area contributed by atoms with Crippen LogP contribution in [0.5, 0.6) is 0 Å². The van der Waals surface area contributed by atoms with Crippen molar-refractivity contribution in [2.75, 3.05) is 5.73 Å². The molecule has 2 heterocycles. The second kappa shape index (κ2) is 4.59. The van der Waals surface area contributed by atoms with Crippen molar-refractivity contribution in [3.8, 4) is 22.6 Å². The predicted octanol–water partition coefficient (Wildman–Crippen LogP) is 4.25. The van der Waals surface area contributed by atoms with Crippen LogP contribution >= 0.6 is 15.9 Å². The zero-order valence-corrected chi connectivity index (χ0v) is 11.8. The van der Waals surface area contributed by atoms with Crippen LogP contribution in [-0.2, 0) is 0 Å². The van der Waals surface area contributed by atoms with Crippen LogP contribution in [0.15, 0.2) is 50.0 Å². The van der Waals surface area contributed by atoms with Crippen molar-refractivity contribution < 1.29 is 8.94 Å². The van der Waals surface area contributed by atoms with Crippen LogP contribution < -0.4 is 5.73 Å². The number of furan rings is 1. The fourth-order valence-electron chi connectivity index (χ4n) is 1.91. The molecule has 0 saturated heterocycles. The molecule has 0 bridgehead atoms. The Morgan fingerprint density at radius 3 is 2.47 bits per heavy atom. The van der Waals surface area contributed by atoms with E-state index in [1.807, 2.05) is 37.3 Å². The molecular weight excluding hydrogens is 308 g/mol. The van der Waals surface area contributed by atoms with Crippen molar-refractivity contribution in [2.45, 2.75) is 6.92 Å². The number of benzene rings is 1. The number of anilines is 1. The fourth-order valence-corrected chi connectivity index (χ4v) is 2.21. The van der Waals surface area contributed by atoms with E-state index in [0.29, 0.717) is 22.0 Å². The zero-order chi connectivity index (χ0) is 13.4. The highest BCUT2D eigenvalue weighted by molar-refractivity contribution is 9.10. The molecule has 96 valence electrons. The average molecular weight is 319 g/mol. The van der Waals surface area contributed by atoms with E-state index in [4.69, 9.17) is 14.7 Å². The number of aromatic nitrogens is 1. The van der Waals surface area contributed by atoms with Gasteiger partial charge in [-0.2, -0.15) is 0 Å². The van der Waals surface area contributed by atoms with Crippen LogP contribution in [0, 0.1) is 6.92 Å². The Morgan fingerprint density at radius 2 is 1.84 bits per heavy atom. The summed E-state index contributed by atoms with van der Waals surface area (Å²) in [5, 5.41) is 3.83. The van der Waals surface area contributed by atoms with Gasteiger partial charge < -0.3 is 14.7 Å². The molecule has 19 heavy (non-hydrogen) atoms. The second-order valence-corrected chi connectivity index (χ2v) is 5.02. The predicted molar refractivity (Wildman–Crippen MR) is 76.5 cm³/mol. The molecule has 0 atom stereocenters.